The number of phenolic OH excluding ortho intramolecular Hbond substituents is 2. The van der Waals surface area contributed by atoms with E-state index in [4.69, 9.17) is 0 Å². The molecule has 0 saturated carbocycles. The zero-order valence-electron chi connectivity index (χ0n) is 10.1. The molecule has 4 heteroatoms. The van der Waals surface area contributed by atoms with Crippen LogP contribution in [0.3, 0.4) is 0 Å². The quantitative estimate of drug-likeness (QED) is 0.587. The molecule has 0 fully saturated rings. The fraction of sp³-hybridized carbons (Fsp3) is 0.538. The van der Waals surface area contributed by atoms with Crippen LogP contribution in [0.25, 0.3) is 0 Å². The van der Waals surface area contributed by atoms with Crippen molar-refractivity contribution >= 4 is 0 Å². The number of phenols is 2. The first kappa shape index (κ1) is 12.2. The smallest absolute Gasteiger partial charge is 0.161 e. The van der Waals surface area contributed by atoms with E-state index in [2.05, 4.69) is 5.32 Å². The number of aliphatic hydroxyl groups is 1. The molecular weight excluding hydrogens is 218 g/mol. The Bertz CT molecular complexity index is 417. The lowest BCUT2D eigenvalue weighted by molar-refractivity contribution is 0.109. The highest BCUT2D eigenvalue weighted by molar-refractivity contribution is 5.51. The Labute approximate surface area is 101 Å². The largest absolute Gasteiger partial charge is 0.504 e. The molecule has 4 N–H and O–H groups in total. The van der Waals surface area contributed by atoms with Crippen molar-refractivity contribution in [3.63, 3.8) is 0 Å². The molecule has 0 spiro atoms. The topological polar surface area (TPSA) is 72.7 Å². The van der Waals surface area contributed by atoms with Gasteiger partial charge in [-0.05, 0) is 24.5 Å². The zero-order valence-corrected chi connectivity index (χ0v) is 10.1. The van der Waals surface area contributed by atoms with Gasteiger partial charge in [-0.15, -0.1) is 0 Å². The summed E-state index contributed by atoms with van der Waals surface area (Å²) >= 11 is 0. The first-order valence-corrected chi connectivity index (χ1v) is 5.98. The number of aliphatic hydroxyl groups excluding tert-OH is 1. The van der Waals surface area contributed by atoms with E-state index in [0.717, 1.165) is 6.42 Å². The van der Waals surface area contributed by atoms with E-state index in [9.17, 15) is 15.3 Å². The average molecular weight is 237 g/mol. The molecule has 2 atom stereocenters. The maximum absolute atomic E-state index is 10.2. The molecule has 0 unspecified atom stereocenters. The fourth-order valence-electron chi connectivity index (χ4n) is 2.46. The van der Waals surface area contributed by atoms with Gasteiger partial charge in [0.15, 0.2) is 11.5 Å². The number of benzene rings is 1. The maximum Gasteiger partial charge on any atom is 0.161 e. The molecular formula is C13H19NO3. The second kappa shape index (κ2) is 4.55. The normalized spacial score (nSPS) is 23.8. The maximum atomic E-state index is 10.2. The Morgan fingerprint density at radius 3 is 2.65 bits per heavy atom. The SMILES string of the molecule is CC(C)N[C@H]1CCc2c(ccc(O)c2O)[C@H]1O. The van der Waals surface area contributed by atoms with Gasteiger partial charge in [-0.2, -0.15) is 0 Å². The molecule has 0 aliphatic heterocycles. The van der Waals surface area contributed by atoms with Crippen LogP contribution in [0, 0.1) is 0 Å². The van der Waals surface area contributed by atoms with Gasteiger partial charge in [0.1, 0.15) is 0 Å². The molecule has 0 amide bonds. The molecule has 0 radical (unpaired) electrons. The average Bonchev–Trinajstić information content (AvgIpc) is 2.27. The second-order valence-electron chi connectivity index (χ2n) is 4.91. The summed E-state index contributed by atoms with van der Waals surface area (Å²) in [6.45, 7) is 4.08. The van der Waals surface area contributed by atoms with Crippen molar-refractivity contribution in [2.45, 2.75) is 44.9 Å². The number of fused-ring (bicyclic) bond motifs is 1. The van der Waals surface area contributed by atoms with Crippen LogP contribution in [0.2, 0.25) is 0 Å². The minimum Gasteiger partial charge on any atom is -0.504 e. The third-order valence-corrected chi connectivity index (χ3v) is 3.25. The Hall–Kier alpha value is -1.26. The number of hydrogen-bond donors (Lipinski definition) is 4. The fourth-order valence-corrected chi connectivity index (χ4v) is 2.46. The molecule has 0 saturated heterocycles. The van der Waals surface area contributed by atoms with Gasteiger partial charge in [0, 0.05) is 17.6 Å². The van der Waals surface area contributed by atoms with Crippen LogP contribution in [0.1, 0.15) is 37.5 Å². The highest BCUT2D eigenvalue weighted by Crippen LogP contribution is 2.39. The molecule has 2 rings (SSSR count). The van der Waals surface area contributed by atoms with Gasteiger partial charge in [0.2, 0.25) is 0 Å². The highest BCUT2D eigenvalue weighted by Gasteiger charge is 2.30. The summed E-state index contributed by atoms with van der Waals surface area (Å²) in [5, 5.41) is 32.7. The molecule has 0 bridgehead atoms. The Kier molecular flexibility index (Phi) is 3.26. The van der Waals surface area contributed by atoms with Gasteiger partial charge in [-0.1, -0.05) is 19.9 Å². The predicted octanol–water partition coefficient (Wildman–Crippen LogP) is 1.44. The van der Waals surface area contributed by atoms with Crippen molar-refractivity contribution in [3.8, 4) is 11.5 Å². The van der Waals surface area contributed by atoms with Crippen LogP contribution in [-0.2, 0) is 6.42 Å². The van der Waals surface area contributed by atoms with Crippen molar-refractivity contribution < 1.29 is 15.3 Å². The molecule has 4 nitrogen and oxygen atoms in total. The number of rotatable bonds is 2. The lowest BCUT2D eigenvalue weighted by atomic mass is 9.85. The first-order valence-electron chi connectivity index (χ1n) is 5.98. The summed E-state index contributed by atoms with van der Waals surface area (Å²) in [5.41, 5.74) is 1.38. The Morgan fingerprint density at radius 1 is 1.29 bits per heavy atom. The summed E-state index contributed by atoms with van der Waals surface area (Å²) in [4.78, 5) is 0. The van der Waals surface area contributed by atoms with Crippen LogP contribution < -0.4 is 5.32 Å². The van der Waals surface area contributed by atoms with Gasteiger partial charge < -0.3 is 20.6 Å². The third-order valence-electron chi connectivity index (χ3n) is 3.25. The molecule has 1 aliphatic carbocycles. The highest BCUT2D eigenvalue weighted by atomic mass is 16.3. The summed E-state index contributed by atoms with van der Waals surface area (Å²) in [7, 11) is 0. The van der Waals surface area contributed by atoms with E-state index >= 15 is 0 Å². The Morgan fingerprint density at radius 2 is 2.00 bits per heavy atom. The number of aromatic hydroxyl groups is 2. The van der Waals surface area contributed by atoms with Crippen LogP contribution in [0.5, 0.6) is 11.5 Å². The first-order chi connectivity index (χ1) is 8.00. The Balaban J connectivity index is 2.30. The minimum absolute atomic E-state index is 0.00597. The molecule has 0 aromatic heterocycles. The summed E-state index contributed by atoms with van der Waals surface area (Å²) in [6.07, 6.45) is 0.785. The lowest BCUT2D eigenvalue weighted by Crippen LogP contribution is -2.41. The molecule has 1 aromatic carbocycles. The monoisotopic (exact) mass is 237 g/mol. The van der Waals surface area contributed by atoms with Gasteiger partial charge >= 0.3 is 0 Å². The summed E-state index contributed by atoms with van der Waals surface area (Å²) in [6, 6.07) is 3.42. The zero-order chi connectivity index (χ0) is 12.6. The van der Waals surface area contributed by atoms with Crippen LogP contribution >= 0.6 is 0 Å². The van der Waals surface area contributed by atoms with Crippen molar-refractivity contribution in [1.29, 1.82) is 0 Å². The van der Waals surface area contributed by atoms with E-state index in [1.165, 1.54) is 6.07 Å². The van der Waals surface area contributed by atoms with Gasteiger partial charge in [-0.3, -0.25) is 0 Å². The van der Waals surface area contributed by atoms with Crippen LogP contribution in [-0.4, -0.2) is 27.4 Å². The van der Waals surface area contributed by atoms with Gasteiger partial charge in [0.05, 0.1) is 6.10 Å². The summed E-state index contributed by atoms with van der Waals surface area (Å²) < 4.78 is 0. The van der Waals surface area contributed by atoms with E-state index in [1.807, 2.05) is 13.8 Å². The van der Waals surface area contributed by atoms with Crippen molar-refractivity contribution in [1.82, 2.24) is 5.32 Å². The van der Waals surface area contributed by atoms with Crippen LogP contribution in [0.4, 0.5) is 0 Å². The molecule has 1 aromatic rings. The second-order valence-corrected chi connectivity index (χ2v) is 4.91. The number of nitrogens with one attached hydrogen (secondary N) is 1. The van der Waals surface area contributed by atoms with Crippen LogP contribution in [0.15, 0.2) is 12.1 Å². The third kappa shape index (κ3) is 2.23. The van der Waals surface area contributed by atoms with Crippen molar-refractivity contribution in [3.05, 3.63) is 23.3 Å². The van der Waals surface area contributed by atoms with E-state index < -0.39 is 6.10 Å². The minimum atomic E-state index is -0.632. The summed E-state index contributed by atoms with van der Waals surface area (Å²) in [5.74, 6) is -0.212. The molecule has 1 aliphatic rings. The standard InChI is InChI=1S/C13H19NO3/c1-7(2)14-10-5-3-9-8(12(10)16)4-6-11(15)13(9)17/h4,6-7,10,12,14-17H,3,5H2,1-2H3/t10-,12+/m0/s1. The van der Waals surface area contributed by atoms with Crippen molar-refractivity contribution in [2.24, 2.45) is 0 Å². The molecule has 0 heterocycles. The number of hydrogen-bond acceptors (Lipinski definition) is 4. The van der Waals surface area contributed by atoms with Gasteiger partial charge in [-0.25, -0.2) is 0 Å². The molecule has 17 heavy (non-hydrogen) atoms. The van der Waals surface area contributed by atoms with E-state index in [0.29, 0.717) is 23.6 Å². The van der Waals surface area contributed by atoms with E-state index in [-0.39, 0.29) is 17.5 Å². The van der Waals surface area contributed by atoms with Gasteiger partial charge in [0.25, 0.3) is 0 Å². The predicted molar refractivity (Wildman–Crippen MR) is 65.1 cm³/mol. The van der Waals surface area contributed by atoms with E-state index in [1.54, 1.807) is 6.07 Å². The van der Waals surface area contributed by atoms with Crippen molar-refractivity contribution in [2.75, 3.05) is 0 Å². The molecule has 94 valence electrons. The lowest BCUT2D eigenvalue weighted by Gasteiger charge is -2.32.